The number of nitrogens with zero attached hydrogens (tertiary/aromatic N) is 1. The molecule has 0 aliphatic carbocycles. The van der Waals surface area contributed by atoms with Crippen LogP contribution in [-0.2, 0) is 6.54 Å². The van der Waals surface area contributed by atoms with Crippen molar-refractivity contribution in [2.24, 2.45) is 0 Å². The highest BCUT2D eigenvalue weighted by Crippen LogP contribution is 2.23. The number of hydrogen-bond acceptors (Lipinski definition) is 3. The van der Waals surface area contributed by atoms with Crippen LogP contribution in [0.2, 0.25) is 0 Å². The van der Waals surface area contributed by atoms with Gasteiger partial charge in [-0.25, -0.2) is 0 Å². The summed E-state index contributed by atoms with van der Waals surface area (Å²) in [5.41, 5.74) is 0.961. The summed E-state index contributed by atoms with van der Waals surface area (Å²) in [5, 5.41) is 3.93. The van der Waals surface area contributed by atoms with E-state index in [2.05, 4.69) is 33.4 Å². The second-order valence-electron chi connectivity index (χ2n) is 4.45. The Morgan fingerprint density at radius 3 is 2.57 bits per heavy atom. The lowest BCUT2D eigenvalue weighted by Gasteiger charge is -2.20. The van der Waals surface area contributed by atoms with Crippen LogP contribution in [0.1, 0.15) is 11.8 Å². The molecule has 112 valence electrons. The van der Waals surface area contributed by atoms with Crippen LogP contribution in [-0.4, -0.2) is 23.7 Å². The van der Waals surface area contributed by atoms with Gasteiger partial charge in [-0.05, 0) is 71.5 Å². The van der Waals surface area contributed by atoms with Crippen molar-refractivity contribution < 1.29 is 4.74 Å². The fraction of sp³-hybridized carbons (Fsp3) is 0.267. The van der Waals surface area contributed by atoms with Gasteiger partial charge < -0.3 is 15.0 Å². The maximum Gasteiger partial charge on any atom is 0.173 e. The summed E-state index contributed by atoms with van der Waals surface area (Å²) >= 11 is 10.6. The average molecular weight is 385 g/mol. The normalized spacial score (nSPS) is 10.2. The maximum absolute atomic E-state index is 5.43. The smallest absolute Gasteiger partial charge is 0.173 e. The third-order valence-electron chi connectivity index (χ3n) is 2.79. The molecule has 2 rings (SSSR count). The standard InChI is InChI=1S/C15H17BrN2OS2/c1-3-19-12-6-4-11(5-7-12)17-15(20)18(2)10-13-8-9-14(16)21-13/h4-9H,3,10H2,1-2H3,(H,17,20). The minimum atomic E-state index is 0.671. The summed E-state index contributed by atoms with van der Waals surface area (Å²) in [7, 11) is 1.98. The second-order valence-corrected chi connectivity index (χ2v) is 7.38. The third-order valence-corrected chi connectivity index (χ3v) is 4.81. The highest BCUT2D eigenvalue weighted by molar-refractivity contribution is 9.11. The maximum atomic E-state index is 5.43. The van der Waals surface area contributed by atoms with E-state index in [0.29, 0.717) is 11.7 Å². The molecule has 0 bridgehead atoms. The number of hydrogen-bond donors (Lipinski definition) is 1. The Balaban J connectivity index is 1.90. The number of nitrogens with one attached hydrogen (secondary N) is 1. The van der Waals surface area contributed by atoms with Crippen LogP contribution in [0.3, 0.4) is 0 Å². The van der Waals surface area contributed by atoms with Gasteiger partial charge in [-0.15, -0.1) is 11.3 Å². The van der Waals surface area contributed by atoms with Gasteiger partial charge in [0.25, 0.3) is 0 Å². The van der Waals surface area contributed by atoms with E-state index in [1.165, 1.54) is 4.88 Å². The van der Waals surface area contributed by atoms with Gasteiger partial charge in [-0.3, -0.25) is 0 Å². The number of benzene rings is 1. The van der Waals surface area contributed by atoms with Gasteiger partial charge in [0, 0.05) is 17.6 Å². The topological polar surface area (TPSA) is 24.5 Å². The Hall–Kier alpha value is -1.11. The number of ether oxygens (including phenoxy) is 1. The summed E-state index contributed by atoms with van der Waals surface area (Å²) in [6.07, 6.45) is 0. The van der Waals surface area contributed by atoms with Crippen LogP contribution in [0.25, 0.3) is 0 Å². The van der Waals surface area contributed by atoms with Crippen molar-refractivity contribution in [1.82, 2.24) is 4.90 Å². The van der Waals surface area contributed by atoms with Crippen LogP contribution in [0, 0.1) is 0 Å². The van der Waals surface area contributed by atoms with E-state index >= 15 is 0 Å². The van der Waals surface area contributed by atoms with Crippen molar-refractivity contribution in [2.75, 3.05) is 19.0 Å². The summed E-state index contributed by atoms with van der Waals surface area (Å²) in [6.45, 7) is 3.43. The van der Waals surface area contributed by atoms with Crippen molar-refractivity contribution in [3.05, 3.63) is 45.1 Å². The minimum absolute atomic E-state index is 0.671. The number of halogens is 1. The number of thiophene rings is 1. The van der Waals surface area contributed by atoms with Crippen molar-refractivity contribution in [1.29, 1.82) is 0 Å². The van der Waals surface area contributed by atoms with Gasteiger partial charge >= 0.3 is 0 Å². The molecule has 6 heteroatoms. The van der Waals surface area contributed by atoms with Gasteiger partial charge in [-0.1, -0.05) is 0 Å². The summed E-state index contributed by atoms with van der Waals surface area (Å²) in [6, 6.07) is 12.0. The molecule has 1 heterocycles. The highest BCUT2D eigenvalue weighted by Gasteiger charge is 2.07. The Morgan fingerprint density at radius 1 is 1.29 bits per heavy atom. The van der Waals surface area contributed by atoms with E-state index in [-0.39, 0.29) is 0 Å². The molecule has 0 aliphatic heterocycles. The molecule has 1 N–H and O–H groups in total. The second kappa shape index (κ2) is 7.77. The predicted octanol–water partition coefficient (Wildman–Crippen LogP) is 4.74. The van der Waals surface area contributed by atoms with E-state index < -0.39 is 0 Å². The van der Waals surface area contributed by atoms with Gasteiger partial charge in [0.1, 0.15) is 5.75 Å². The molecule has 0 spiro atoms. The molecule has 2 aromatic rings. The van der Waals surface area contributed by atoms with E-state index in [1.807, 2.05) is 43.1 Å². The Labute approximate surface area is 143 Å². The minimum Gasteiger partial charge on any atom is -0.494 e. The molecule has 0 saturated carbocycles. The molecular weight excluding hydrogens is 368 g/mol. The lowest BCUT2D eigenvalue weighted by Crippen LogP contribution is -2.30. The average Bonchev–Trinajstić information content (AvgIpc) is 2.86. The predicted molar refractivity (Wildman–Crippen MR) is 97.3 cm³/mol. The number of thiocarbonyl (C=S) groups is 1. The van der Waals surface area contributed by atoms with E-state index in [9.17, 15) is 0 Å². The van der Waals surface area contributed by atoms with Gasteiger partial charge in [-0.2, -0.15) is 0 Å². The molecule has 0 unspecified atom stereocenters. The largest absolute Gasteiger partial charge is 0.494 e. The molecule has 0 aliphatic rings. The molecule has 0 fully saturated rings. The van der Waals surface area contributed by atoms with Crippen molar-refractivity contribution in [3.8, 4) is 5.75 Å². The van der Waals surface area contributed by atoms with Crippen LogP contribution in [0.4, 0.5) is 5.69 Å². The van der Waals surface area contributed by atoms with Gasteiger partial charge in [0.05, 0.1) is 16.9 Å². The highest BCUT2D eigenvalue weighted by atomic mass is 79.9. The van der Waals surface area contributed by atoms with E-state index in [0.717, 1.165) is 21.8 Å². The summed E-state index contributed by atoms with van der Waals surface area (Å²) in [4.78, 5) is 3.28. The molecule has 0 saturated heterocycles. The van der Waals surface area contributed by atoms with E-state index in [1.54, 1.807) is 11.3 Å². The first-order chi connectivity index (χ1) is 10.1. The Bertz CT molecular complexity index is 598. The van der Waals surface area contributed by atoms with Gasteiger partial charge in [0.15, 0.2) is 5.11 Å². The number of anilines is 1. The zero-order valence-corrected chi connectivity index (χ0v) is 15.1. The molecule has 21 heavy (non-hydrogen) atoms. The molecule has 3 nitrogen and oxygen atoms in total. The first-order valence-electron chi connectivity index (χ1n) is 6.57. The van der Waals surface area contributed by atoms with Crippen molar-refractivity contribution in [3.63, 3.8) is 0 Å². The third kappa shape index (κ3) is 4.98. The zero-order chi connectivity index (χ0) is 15.2. The molecule has 1 aromatic heterocycles. The quantitative estimate of drug-likeness (QED) is 0.752. The van der Waals surface area contributed by atoms with Crippen LogP contribution in [0.15, 0.2) is 40.2 Å². The lowest BCUT2D eigenvalue weighted by molar-refractivity contribution is 0.340. The zero-order valence-electron chi connectivity index (χ0n) is 11.9. The first kappa shape index (κ1) is 16.3. The Morgan fingerprint density at radius 2 is 2.00 bits per heavy atom. The van der Waals surface area contributed by atoms with Crippen LogP contribution in [0.5, 0.6) is 5.75 Å². The van der Waals surface area contributed by atoms with Gasteiger partial charge in [0.2, 0.25) is 0 Å². The van der Waals surface area contributed by atoms with E-state index in [4.69, 9.17) is 17.0 Å². The summed E-state index contributed by atoms with van der Waals surface area (Å²) in [5.74, 6) is 0.866. The first-order valence-corrected chi connectivity index (χ1v) is 8.59. The van der Waals surface area contributed by atoms with Crippen molar-refractivity contribution in [2.45, 2.75) is 13.5 Å². The molecule has 0 amide bonds. The monoisotopic (exact) mass is 384 g/mol. The van der Waals surface area contributed by atoms with Crippen LogP contribution >= 0.6 is 39.5 Å². The number of rotatable bonds is 5. The molecule has 0 radical (unpaired) electrons. The summed E-state index contributed by atoms with van der Waals surface area (Å²) < 4.78 is 6.56. The van der Waals surface area contributed by atoms with Crippen molar-refractivity contribution >= 4 is 50.3 Å². The fourth-order valence-electron chi connectivity index (χ4n) is 1.76. The van der Waals surface area contributed by atoms with Crippen LogP contribution < -0.4 is 10.1 Å². The Kier molecular flexibility index (Phi) is 6.02. The SMILES string of the molecule is CCOc1ccc(NC(=S)N(C)Cc2ccc(Br)s2)cc1. The molecule has 0 atom stereocenters. The fourth-order valence-corrected chi connectivity index (χ4v) is 3.48. The lowest BCUT2D eigenvalue weighted by atomic mass is 10.3. The molecule has 1 aromatic carbocycles. The molecular formula is C15H17BrN2OS2.